The Morgan fingerprint density at radius 2 is 1.96 bits per heavy atom. The lowest BCUT2D eigenvalue weighted by molar-refractivity contribution is 0.340. The lowest BCUT2D eigenvalue weighted by Gasteiger charge is -2.22. The highest BCUT2D eigenvalue weighted by Crippen LogP contribution is 2.13. The molecule has 23 heavy (non-hydrogen) atoms. The maximum Gasteiger partial charge on any atom is 0.193 e. The third kappa shape index (κ3) is 9.30. The molecule has 4 nitrogen and oxygen atoms in total. The third-order valence-corrected chi connectivity index (χ3v) is 3.82. The Morgan fingerprint density at radius 3 is 2.52 bits per heavy atom. The number of nitrogens with zero attached hydrogens (tertiary/aromatic N) is 2. The molecule has 0 fully saturated rings. The molecule has 0 saturated carbocycles. The summed E-state index contributed by atoms with van der Waals surface area (Å²) < 4.78 is 5.48. The minimum atomic E-state index is 0. The van der Waals surface area contributed by atoms with E-state index in [2.05, 4.69) is 47.6 Å². The van der Waals surface area contributed by atoms with Gasteiger partial charge in [0.25, 0.3) is 0 Å². The van der Waals surface area contributed by atoms with Gasteiger partial charge in [0.2, 0.25) is 0 Å². The van der Waals surface area contributed by atoms with Crippen molar-refractivity contribution in [2.75, 3.05) is 38.8 Å². The molecule has 132 valence electrons. The molecule has 0 spiro atoms. The number of benzene rings is 1. The lowest BCUT2D eigenvalue weighted by Crippen LogP contribution is -2.38. The van der Waals surface area contributed by atoms with E-state index in [4.69, 9.17) is 4.74 Å². The van der Waals surface area contributed by atoms with Crippen LogP contribution in [0.2, 0.25) is 0 Å². The Bertz CT molecular complexity index is 440. The first-order valence-corrected chi connectivity index (χ1v) is 9.30. The fourth-order valence-corrected chi connectivity index (χ4v) is 2.49. The SMILES string of the molecule is CCNC(=NCCCSC)N(C)Cc1ccc(OCC)cc1.I. The van der Waals surface area contributed by atoms with Crippen molar-refractivity contribution in [3.63, 3.8) is 0 Å². The van der Waals surface area contributed by atoms with Gasteiger partial charge in [-0.25, -0.2) is 0 Å². The Balaban J connectivity index is 0.00000484. The predicted molar refractivity (Wildman–Crippen MR) is 113 cm³/mol. The van der Waals surface area contributed by atoms with E-state index in [-0.39, 0.29) is 24.0 Å². The highest BCUT2D eigenvalue weighted by molar-refractivity contribution is 14.0. The van der Waals surface area contributed by atoms with E-state index in [0.717, 1.165) is 43.5 Å². The first-order chi connectivity index (χ1) is 10.7. The van der Waals surface area contributed by atoms with Crippen LogP contribution in [0.3, 0.4) is 0 Å². The first kappa shape index (κ1) is 22.4. The molecule has 0 heterocycles. The highest BCUT2D eigenvalue weighted by atomic mass is 127. The zero-order valence-electron chi connectivity index (χ0n) is 14.7. The normalized spacial score (nSPS) is 10.9. The van der Waals surface area contributed by atoms with Crippen molar-refractivity contribution in [3.05, 3.63) is 29.8 Å². The number of thioether (sulfide) groups is 1. The zero-order chi connectivity index (χ0) is 16.2. The van der Waals surface area contributed by atoms with Gasteiger partial charge in [-0.3, -0.25) is 4.99 Å². The molecule has 6 heteroatoms. The Morgan fingerprint density at radius 1 is 1.26 bits per heavy atom. The van der Waals surface area contributed by atoms with Crippen molar-refractivity contribution in [2.45, 2.75) is 26.8 Å². The molecule has 0 aliphatic carbocycles. The van der Waals surface area contributed by atoms with Gasteiger partial charge >= 0.3 is 0 Å². The highest BCUT2D eigenvalue weighted by Gasteiger charge is 2.06. The monoisotopic (exact) mass is 451 g/mol. The summed E-state index contributed by atoms with van der Waals surface area (Å²) in [6.45, 7) is 7.39. The summed E-state index contributed by atoms with van der Waals surface area (Å²) in [4.78, 5) is 6.85. The Labute approximate surface area is 162 Å². The molecule has 0 aliphatic heterocycles. The number of aliphatic imine (C=N–C) groups is 1. The predicted octanol–water partition coefficient (Wildman–Crippen LogP) is 3.85. The van der Waals surface area contributed by atoms with E-state index in [1.807, 2.05) is 30.8 Å². The molecule has 0 radical (unpaired) electrons. The van der Waals surface area contributed by atoms with Crippen LogP contribution in [0.1, 0.15) is 25.8 Å². The number of hydrogen-bond donors (Lipinski definition) is 1. The van der Waals surface area contributed by atoms with Crippen LogP contribution in [-0.4, -0.2) is 49.6 Å². The zero-order valence-corrected chi connectivity index (χ0v) is 17.8. The van der Waals surface area contributed by atoms with Crippen molar-refractivity contribution in [1.82, 2.24) is 10.2 Å². The second-order valence-electron chi connectivity index (χ2n) is 5.02. The molecule has 0 aromatic heterocycles. The summed E-state index contributed by atoms with van der Waals surface area (Å²) in [7, 11) is 2.08. The number of hydrogen-bond acceptors (Lipinski definition) is 3. The summed E-state index contributed by atoms with van der Waals surface area (Å²) in [5.74, 6) is 3.05. The van der Waals surface area contributed by atoms with Crippen LogP contribution >= 0.6 is 35.7 Å². The molecule has 0 bridgehead atoms. The van der Waals surface area contributed by atoms with Gasteiger partial charge < -0.3 is 15.0 Å². The maximum absolute atomic E-state index is 5.48. The number of halogens is 1. The van der Waals surface area contributed by atoms with Crippen LogP contribution in [0.5, 0.6) is 5.75 Å². The van der Waals surface area contributed by atoms with Crippen molar-refractivity contribution >= 4 is 41.7 Å². The minimum Gasteiger partial charge on any atom is -0.494 e. The standard InChI is InChI=1S/C17H29N3OS.HI/c1-5-18-17(19-12-7-13-22-4)20(3)14-15-8-10-16(11-9-15)21-6-2;/h8-11H,5-7,12-14H2,1-4H3,(H,18,19);1H. The van der Waals surface area contributed by atoms with Gasteiger partial charge in [0.05, 0.1) is 6.61 Å². The average Bonchev–Trinajstić information content (AvgIpc) is 2.52. The van der Waals surface area contributed by atoms with E-state index >= 15 is 0 Å². The molecule has 0 unspecified atom stereocenters. The van der Waals surface area contributed by atoms with Crippen molar-refractivity contribution in [3.8, 4) is 5.75 Å². The fraction of sp³-hybridized carbons (Fsp3) is 0.588. The summed E-state index contributed by atoms with van der Waals surface area (Å²) in [5, 5.41) is 3.36. The molecule has 0 aliphatic rings. The summed E-state index contributed by atoms with van der Waals surface area (Å²) >= 11 is 1.87. The Hall–Kier alpha value is -0.630. The number of ether oxygens (including phenoxy) is 1. The minimum absolute atomic E-state index is 0. The van der Waals surface area contributed by atoms with Crippen molar-refractivity contribution < 1.29 is 4.74 Å². The smallest absolute Gasteiger partial charge is 0.193 e. The molecule has 1 N–H and O–H groups in total. The van der Waals surface area contributed by atoms with Gasteiger partial charge in [-0.05, 0) is 50.0 Å². The average molecular weight is 451 g/mol. The van der Waals surface area contributed by atoms with Gasteiger partial charge in [0.15, 0.2) is 5.96 Å². The topological polar surface area (TPSA) is 36.9 Å². The van der Waals surface area contributed by atoms with Crippen LogP contribution in [0.4, 0.5) is 0 Å². The Kier molecular flexibility index (Phi) is 13.4. The van der Waals surface area contributed by atoms with E-state index < -0.39 is 0 Å². The van der Waals surface area contributed by atoms with Gasteiger partial charge in [0.1, 0.15) is 5.75 Å². The van der Waals surface area contributed by atoms with Crippen molar-refractivity contribution in [2.24, 2.45) is 4.99 Å². The molecule has 0 atom stereocenters. The van der Waals surface area contributed by atoms with Crippen LogP contribution in [0.15, 0.2) is 29.3 Å². The van der Waals surface area contributed by atoms with Crippen LogP contribution in [0.25, 0.3) is 0 Å². The summed E-state index contributed by atoms with van der Waals surface area (Å²) in [6.07, 6.45) is 3.25. The largest absolute Gasteiger partial charge is 0.494 e. The van der Waals surface area contributed by atoms with Crippen LogP contribution in [0, 0.1) is 0 Å². The molecule has 0 saturated heterocycles. The number of guanidine groups is 1. The molecule has 0 amide bonds. The fourth-order valence-electron chi connectivity index (χ4n) is 2.07. The van der Waals surface area contributed by atoms with Crippen LogP contribution in [-0.2, 0) is 6.54 Å². The second-order valence-corrected chi connectivity index (χ2v) is 6.00. The number of rotatable bonds is 9. The molecule has 1 rings (SSSR count). The van der Waals surface area contributed by atoms with E-state index in [1.54, 1.807) is 0 Å². The lowest BCUT2D eigenvalue weighted by atomic mass is 10.2. The van der Waals surface area contributed by atoms with Gasteiger partial charge in [-0.2, -0.15) is 11.8 Å². The summed E-state index contributed by atoms with van der Waals surface area (Å²) in [6, 6.07) is 8.27. The summed E-state index contributed by atoms with van der Waals surface area (Å²) in [5.41, 5.74) is 1.25. The third-order valence-electron chi connectivity index (χ3n) is 3.12. The second kappa shape index (κ2) is 13.8. The van der Waals surface area contributed by atoms with Gasteiger partial charge in [-0.15, -0.1) is 24.0 Å². The molecular formula is C17H30IN3OS. The van der Waals surface area contributed by atoms with E-state index in [9.17, 15) is 0 Å². The van der Waals surface area contributed by atoms with Gasteiger partial charge in [-0.1, -0.05) is 12.1 Å². The van der Waals surface area contributed by atoms with Gasteiger partial charge in [0, 0.05) is 26.7 Å². The van der Waals surface area contributed by atoms with Crippen LogP contribution < -0.4 is 10.1 Å². The quantitative estimate of drug-likeness (QED) is 0.268. The molecule has 1 aromatic carbocycles. The maximum atomic E-state index is 5.48. The molecular weight excluding hydrogens is 421 g/mol. The first-order valence-electron chi connectivity index (χ1n) is 7.91. The molecule has 1 aromatic rings. The number of nitrogens with one attached hydrogen (secondary N) is 1. The van der Waals surface area contributed by atoms with E-state index in [0.29, 0.717) is 6.61 Å². The van der Waals surface area contributed by atoms with E-state index in [1.165, 1.54) is 5.56 Å². The van der Waals surface area contributed by atoms with Crippen molar-refractivity contribution in [1.29, 1.82) is 0 Å².